The number of halogens is 2. The van der Waals surface area contributed by atoms with Crippen LogP contribution in [0.1, 0.15) is 68.7 Å². The Morgan fingerprint density at radius 3 is 1.39 bits per heavy atom. The Morgan fingerprint density at radius 1 is 0.600 bits per heavy atom. The Labute approximate surface area is 420 Å². The Balaban J connectivity index is 1.18. The van der Waals surface area contributed by atoms with E-state index >= 15 is 0 Å². The second kappa shape index (κ2) is 25.5. The maximum absolute atomic E-state index is 11.1. The van der Waals surface area contributed by atoms with Crippen LogP contribution in [0.2, 0.25) is 0 Å². The van der Waals surface area contributed by atoms with Crippen LogP contribution in [0.3, 0.4) is 0 Å². The fourth-order valence-electron chi connectivity index (χ4n) is 7.08. The Morgan fingerprint density at radius 2 is 1.00 bits per heavy atom. The van der Waals surface area contributed by atoms with Gasteiger partial charge in [-0.1, -0.05) is 36.4 Å². The third-order valence-corrected chi connectivity index (χ3v) is 11.8. The summed E-state index contributed by atoms with van der Waals surface area (Å²) in [5, 5.41) is 63.1. The van der Waals surface area contributed by atoms with Crippen molar-refractivity contribution in [2.75, 3.05) is 13.1 Å². The van der Waals surface area contributed by atoms with Crippen molar-refractivity contribution in [1.82, 2.24) is 30.6 Å². The van der Waals surface area contributed by atoms with Gasteiger partial charge in [-0.2, -0.15) is 20.5 Å². The number of nitrogens with zero attached hydrogens (tertiary/aromatic N) is 6. The van der Waals surface area contributed by atoms with Gasteiger partial charge in [0.15, 0.2) is 0 Å². The van der Waals surface area contributed by atoms with E-state index in [2.05, 4.69) is 64.6 Å². The first-order valence-electron chi connectivity index (χ1n) is 21.7. The van der Waals surface area contributed by atoms with Gasteiger partial charge in [-0.15, -0.1) is 0 Å². The molecule has 362 valence electrons. The Bertz CT molecular complexity index is 2720. The van der Waals surface area contributed by atoms with Gasteiger partial charge in [0.05, 0.1) is 68.6 Å². The highest BCUT2D eigenvalue weighted by atomic mass is 79.9. The third kappa shape index (κ3) is 15.0. The summed E-state index contributed by atoms with van der Waals surface area (Å²) in [6.45, 7) is 4.73. The highest BCUT2D eigenvalue weighted by Gasteiger charge is 2.19. The molecule has 6 rings (SSSR count). The van der Waals surface area contributed by atoms with Crippen LogP contribution in [0, 0.1) is 36.5 Å². The number of hydrogen-bond donors (Lipinski definition) is 6. The lowest BCUT2D eigenvalue weighted by Gasteiger charge is -2.18. The second-order valence-corrected chi connectivity index (χ2v) is 17.6. The summed E-state index contributed by atoms with van der Waals surface area (Å²) in [6, 6.07) is 26.0. The number of aliphatic carboxylic acids is 2. The molecule has 0 saturated heterocycles. The molecule has 0 spiro atoms. The second-order valence-electron chi connectivity index (χ2n) is 15.9. The number of aliphatic hydroxyl groups is 2. The first-order valence-corrected chi connectivity index (χ1v) is 23.3. The van der Waals surface area contributed by atoms with E-state index in [4.69, 9.17) is 39.1 Å². The van der Waals surface area contributed by atoms with Gasteiger partial charge in [-0.05, 0) is 115 Å². The van der Waals surface area contributed by atoms with Crippen LogP contribution in [0.5, 0.6) is 23.5 Å². The molecule has 18 nitrogen and oxygen atoms in total. The molecule has 2 unspecified atom stereocenters. The summed E-state index contributed by atoms with van der Waals surface area (Å²) in [5.41, 5.74) is 8.75. The van der Waals surface area contributed by atoms with Gasteiger partial charge in [0, 0.05) is 49.7 Å². The van der Waals surface area contributed by atoms with Crippen LogP contribution in [0.25, 0.3) is 11.1 Å². The van der Waals surface area contributed by atoms with E-state index in [9.17, 15) is 30.3 Å². The molecule has 0 aliphatic carbocycles. The minimum atomic E-state index is -1.11. The number of carboxylic acid groups (broad SMARTS) is 2. The fraction of sp³-hybridized carbons (Fsp3) is 0.280. The molecule has 2 aromatic carbocycles. The molecule has 20 heteroatoms. The van der Waals surface area contributed by atoms with Crippen LogP contribution < -0.4 is 29.6 Å². The molecule has 0 aliphatic rings. The van der Waals surface area contributed by atoms with Crippen molar-refractivity contribution in [3.05, 3.63) is 150 Å². The van der Waals surface area contributed by atoms with Crippen molar-refractivity contribution in [1.29, 1.82) is 10.5 Å². The van der Waals surface area contributed by atoms with E-state index in [1.165, 1.54) is 12.4 Å². The molecule has 0 fully saturated rings. The van der Waals surface area contributed by atoms with E-state index in [0.29, 0.717) is 42.6 Å². The Kier molecular flexibility index (Phi) is 19.1. The van der Waals surface area contributed by atoms with Crippen LogP contribution in [-0.2, 0) is 49.1 Å². The summed E-state index contributed by atoms with van der Waals surface area (Å²) < 4.78 is 25.9. The normalized spacial score (nSPS) is 11.8. The van der Waals surface area contributed by atoms with Gasteiger partial charge in [-0.25, -0.2) is 0 Å². The van der Waals surface area contributed by atoms with Gasteiger partial charge < -0.3 is 50.0 Å². The number of carboxylic acids is 2. The predicted octanol–water partition coefficient (Wildman–Crippen LogP) is 6.99. The van der Waals surface area contributed by atoms with Crippen molar-refractivity contribution in [3.8, 4) is 46.8 Å². The highest BCUT2D eigenvalue weighted by molar-refractivity contribution is 9.10. The lowest BCUT2D eigenvalue weighted by atomic mass is 9.92. The number of nitriles is 2. The van der Waals surface area contributed by atoms with E-state index < -0.39 is 37.0 Å². The van der Waals surface area contributed by atoms with Gasteiger partial charge in [0.1, 0.15) is 26.4 Å². The van der Waals surface area contributed by atoms with Gasteiger partial charge in [-0.3, -0.25) is 19.6 Å². The van der Waals surface area contributed by atoms with E-state index in [1.807, 2.05) is 50.2 Å². The van der Waals surface area contributed by atoms with Crippen LogP contribution in [0.4, 0.5) is 0 Å². The van der Waals surface area contributed by atoms with E-state index in [1.54, 1.807) is 36.4 Å². The van der Waals surface area contributed by atoms with Crippen molar-refractivity contribution in [2.24, 2.45) is 0 Å². The van der Waals surface area contributed by atoms with Crippen molar-refractivity contribution in [2.45, 2.75) is 78.4 Å². The molecule has 0 saturated carbocycles. The van der Waals surface area contributed by atoms with Crippen LogP contribution in [-0.4, -0.2) is 77.6 Å². The summed E-state index contributed by atoms with van der Waals surface area (Å²) in [7, 11) is 0. The molecule has 0 amide bonds. The molecular weight excluding hydrogens is 1030 g/mol. The number of carbonyl (C=O) groups is 2. The number of benzene rings is 2. The van der Waals surface area contributed by atoms with Crippen LogP contribution >= 0.6 is 31.9 Å². The maximum atomic E-state index is 11.1. The first-order chi connectivity index (χ1) is 33.7. The van der Waals surface area contributed by atoms with Gasteiger partial charge in [0.25, 0.3) is 0 Å². The minimum Gasteiger partial charge on any atom is -0.481 e. The third-order valence-electron chi connectivity index (χ3n) is 10.7. The van der Waals surface area contributed by atoms with Crippen molar-refractivity contribution in [3.63, 3.8) is 0 Å². The molecule has 70 heavy (non-hydrogen) atoms. The predicted molar refractivity (Wildman–Crippen MR) is 260 cm³/mol. The number of rotatable bonds is 25. The fourth-order valence-corrected chi connectivity index (χ4v) is 8.04. The summed E-state index contributed by atoms with van der Waals surface area (Å²) >= 11 is 7.17. The summed E-state index contributed by atoms with van der Waals surface area (Å²) in [5.74, 6) is -1.30. The number of aliphatic hydroxyl groups excluding tert-OH is 2. The zero-order valence-electron chi connectivity index (χ0n) is 38.0. The monoisotopic (exact) mass is 1080 g/mol. The average molecular weight is 1080 g/mol. The van der Waals surface area contributed by atoms with E-state index in [0.717, 1.165) is 33.4 Å². The lowest BCUT2D eigenvalue weighted by Crippen LogP contribution is -2.28. The highest BCUT2D eigenvalue weighted by Crippen LogP contribution is 2.35. The zero-order chi connectivity index (χ0) is 50.2. The first kappa shape index (κ1) is 52.3. The molecule has 0 radical (unpaired) electrons. The quantitative estimate of drug-likeness (QED) is 0.0337. The van der Waals surface area contributed by atoms with Crippen molar-refractivity contribution >= 4 is 43.8 Å². The number of pyridine rings is 4. The van der Waals surface area contributed by atoms with E-state index in [-0.39, 0.29) is 76.1 Å². The minimum absolute atomic E-state index is 0.000362. The number of ether oxygens (including phenoxy) is 4. The summed E-state index contributed by atoms with van der Waals surface area (Å²) in [6.07, 6.45) is 0.0167. The SMILES string of the molecule is Cc1c(COc2nc(OCc3cc(C#N)ccn3)c(CNCC(O)CC(=O)O)cc2Br)cccc1-c1cccc(COc2nc(OCc3cc(C#N)ccn3)c(CNCC(O)CC(=O)O)cc2Br)c1C. The Hall–Kier alpha value is -7.04. The average Bonchev–Trinajstić information content (AvgIpc) is 3.33. The lowest BCUT2D eigenvalue weighted by molar-refractivity contribution is -0.140. The molecule has 4 heterocycles. The molecule has 0 aliphatic heterocycles. The molecule has 4 aromatic heterocycles. The molecule has 0 bridgehead atoms. The largest absolute Gasteiger partial charge is 0.481 e. The molecule has 2 atom stereocenters. The number of nitrogens with one attached hydrogen (secondary N) is 2. The smallest absolute Gasteiger partial charge is 0.306 e. The van der Waals surface area contributed by atoms with Crippen molar-refractivity contribution < 1.29 is 49.0 Å². The number of hydrogen-bond acceptors (Lipinski definition) is 16. The van der Waals surface area contributed by atoms with Crippen LogP contribution in [0.15, 0.2) is 94.1 Å². The zero-order valence-corrected chi connectivity index (χ0v) is 41.2. The standard InChI is InChI=1S/C50H48Br2N8O10/c1-29-33(25-67-49-43(51)15-35(21-55-23-39(61)17-45(63)64)47(59-49)69-27-37-13-31(19-53)9-11-57-37)5-3-7-41(29)42-8-4-6-34(30(42)2)26-68-50-44(52)16-36(22-56-24-40(62)18-46(65)66)48(60-50)70-28-38-14-32(20-54)10-12-58-38/h3-16,39-40,55-56,61-62H,17-18,21-28H2,1-2H3,(H,63,64)(H,65,66). The van der Waals surface area contributed by atoms with Gasteiger partial charge in [0.2, 0.25) is 23.5 Å². The topological polar surface area (TPSA) is 275 Å². The number of aromatic nitrogens is 4. The summed E-state index contributed by atoms with van der Waals surface area (Å²) in [4.78, 5) is 40.1. The maximum Gasteiger partial charge on any atom is 0.306 e. The molecule has 6 aromatic rings. The molecular formula is C50H48Br2N8O10. The van der Waals surface area contributed by atoms with Gasteiger partial charge >= 0.3 is 11.9 Å². The molecule has 6 N–H and O–H groups in total.